The van der Waals surface area contributed by atoms with E-state index < -0.39 is 11.8 Å². The van der Waals surface area contributed by atoms with Gasteiger partial charge in [0.2, 0.25) is 0 Å². The maximum Gasteiger partial charge on any atom is 0.358 e. The van der Waals surface area contributed by atoms with Crippen LogP contribution in [0.15, 0.2) is 42.5 Å². The molecule has 3 aromatic rings. The van der Waals surface area contributed by atoms with Crippen molar-refractivity contribution in [1.29, 1.82) is 0 Å². The number of methoxy groups -OCH3 is 1. The summed E-state index contributed by atoms with van der Waals surface area (Å²) in [5, 5.41) is 11.2. The second kappa shape index (κ2) is 5.35. The standard InChI is InChI=1S/C16H11ClFNO3/c1-22-16(21)14-15(20)12-8-9(17)2-7-13(12)19(14)11-5-3-10(18)4-6-11/h2-8,20H,1H3. The molecule has 2 aromatic carbocycles. The molecule has 0 saturated carbocycles. The van der Waals surface area contributed by atoms with Crippen molar-refractivity contribution in [3.63, 3.8) is 0 Å². The van der Waals surface area contributed by atoms with Gasteiger partial charge in [0.1, 0.15) is 5.82 Å². The minimum atomic E-state index is -0.700. The smallest absolute Gasteiger partial charge is 0.358 e. The van der Waals surface area contributed by atoms with Gasteiger partial charge in [0, 0.05) is 16.1 Å². The molecule has 0 aliphatic heterocycles. The number of aromatic hydroxyl groups is 1. The van der Waals surface area contributed by atoms with Crippen molar-refractivity contribution in [3.05, 3.63) is 59.0 Å². The summed E-state index contributed by atoms with van der Waals surface area (Å²) < 4.78 is 19.4. The fourth-order valence-electron chi connectivity index (χ4n) is 2.39. The summed E-state index contributed by atoms with van der Waals surface area (Å²) in [7, 11) is 1.22. The van der Waals surface area contributed by atoms with Crippen LogP contribution >= 0.6 is 11.6 Å². The number of aromatic nitrogens is 1. The second-order valence-corrected chi connectivity index (χ2v) is 5.10. The summed E-state index contributed by atoms with van der Waals surface area (Å²) in [6, 6.07) is 10.4. The van der Waals surface area contributed by atoms with E-state index in [1.807, 2.05) is 0 Å². The van der Waals surface area contributed by atoms with Gasteiger partial charge in [-0.05, 0) is 42.5 Å². The van der Waals surface area contributed by atoms with Crippen molar-refractivity contribution < 1.29 is 19.0 Å². The fourth-order valence-corrected chi connectivity index (χ4v) is 2.56. The normalized spacial score (nSPS) is 10.9. The molecule has 0 amide bonds. The number of fused-ring (bicyclic) bond motifs is 1. The van der Waals surface area contributed by atoms with E-state index in [0.717, 1.165) is 0 Å². The van der Waals surface area contributed by atoms with Gasteiger partial charge in [0.05, 0.1) is 12.6 Å². The summed E-state index contributed by atoms with van der Waals surface area (Å²) in [5.41, 5.74) is 1.05. The topological polar surface area (TPSA) is 51.5 Å². The molecule has 22 heavy (non-hydrogen) atoms. The van der Waals surface area contributed by atoms with Crippen molar-refractivity contribution in [1.82, 2.24) is 4.57 Å². The Bertz CT molecular complexity index is 871. The number of halogens is 2. The van der Waals surface area contributed by atoms with Gasteiger partial charge >= 0.3 is 5.97 Å². The third-order valence-electron chi connectivity index (χ3n) is 3.37. The van der Waals surface area contributed by atoms with Crippen LogP contribution < -0.4 is 0 Å². The van der Waals surface area contributed by atoms with Gasteiger partial charge < -0.3 is 14.4 Å². The van der Waals surface area contributed by atoms with Crippen LogP contribution in [0.25, 0.3) is 16.6 Å². The highest BCUT2D eigenvalue weighted by atomic mass is 35.5. The van der Waals surface area contributed by atoms with Crippen LogP contribution in [0.3, 0.4) is 0 Å². The van der Waals surface area contributed by atoms with E-state index in [4.69, 9.17) is 16.3 Å². The van der Waals surface area contributed by atoms with Gasteiger partial charge in [-0.3, -0.25) is 0 Å². The summed E-state index contributed by atoms with van der Waals surface area (Å²) in [4.78, 5) is 12.0. The Morgan fingerprint density at radius 3 is 2.55 bits per heavy atom. The number of hydrogen-bond donors (Lipinski definition) is 1. The molecule has 112 valence electrons. The highest BCUT2D eigenvalue weighted by Gasteiger charge is 2.24. The van der Waals surface area contributed by atoms with Gasteiger partial charge in [0.15, 0.2) is 11.4 Å². The van der Waals surface area contributed by atoms with Crippen LogP contribution in [0.1, 0.15) is 10.5 Å². The Hall–Kier alpha value is -2.53. The molecule has 0 atom stereocenters. The Kier molecular flexibility index (Phi) is 3.50. The number of ether oxygens (including phenoxy) is 1. The van der Waals surface area contributed by atoms with Crippen LogP contribution in [0.5, 0.6) is 5.75 Å². The van der Waals surface area contributed by atoms with E-state index in [-0.39, 0.29) is 11.4 Å². The number of rotatable bonds is 2. The first kappa shape index (κ1) is 14.4. The summed E-state index contributed by atoms with van der Waals surface area (Å²) in [5.74, 6) is -1.32. The molecular formula is C16H11ClFNO3. The van der Waals surface area contributed by atoms with Gasteiger partial charge in [-0.1, -0.05) is 11.6 Å². The zero-order chi connectivity index (χ0) is 15.9. The molecule has 1 N–H and O–H groups in total. The lowest BCUT2D eigenvalue weighted by atomic mass is 10.2. The first-order valence-corrected chi connectivity index (χ1v) is 6.78. The number of esters is 1. The van der Waals surface area contributed by atoms with E-state index in [1.165, 1.54) is 35.9 Å². The van der Waals surface area contributed by atoms with Crippen LogP contribution in [0.2, 0.25) is 5.02 Å². The number of carbonyl (C=O) groups excluding carboxylic acids is 1. The zero-order valence-corrected chi connectivity index (χ0v) is 12.3. The van der Waals surface area contributed by atoms with E-state index in [1.54, 1.807) is 18.2 Å². The van der Waals surface area contributed by atoms with Crippen molar-refractivity contribution in [2.75, 3.05) is 7.11 Å². The van der Waals surface area contributed by atoms with Crippen molar-refractivity contribution >= 4 is 28.5 Å². The van der Waals surface area contributed by atoms with E-state index in [9.17, 15) is 14.3 Å². The molecule has 0 aliphatic carbocycles. The molecule has 0 aliphatic rings. The first-order valence-electron chi connectivity index (χ1n) is 6.40. The van der Waals surface area contributed by atoms with Gasteiger partial charge in [-0.2, -0.15) is 0 Å². The van der Waals surface area contributed by atoms with Gasteiger partial charge in [-0.15, -0.1) is 0 Å². The van der Waals surface area contributed by atoms with Crippen molar-refractivity contribution in [2.45, 2.75) is 0 Å². The molecule has 3 rings (SSSR count). The molecule has 0 fully saturated rings. The van der Waals surface area contributed by atoms with Crippen LogP contribution in [-0.2, 0) is 4.74 Å². The van der Waals surface area contributed by atoms with Crippen LogP contribution in [-0.4, -0.2) is 22.8 Å². The van der Waals surface area contributed by atoms with Gasteiger partial charge in [-0.25, -0.2) is 9.18 Å². The molecule has 0 spiro atoms. The van der Waals surface area contributed by atoms with E-state index in [0.29, 0.717) is 21.6 Å². The minimum Gasteiger partial charge on any atom is -0.505 e. The minimum absolute atomic E-state index is 0.0358. The molecule has 0 bridgehead atoms. The number of carbonyl (C=O) groups is 1. The van der Waals surface area contributed by atoms with Crippen LogP contribution in [0.4, 0.5) is 4.39 Å². The summed E-state index contributed by atoms with van der Waals surface area (Å²) in [6.45, 7) is 0. The quantitative estimate of drug-likeness (QED) is 0.728. The Labute approximate surface area is 130 Å². The largest absolute Gasteiger partial charge is 0.505 e. The van der Waals surface area contributed by atoms with Gasteiger partial charge in [0.25, 0.3) is 0 Å². The van der Waals surface area contributed by atoms with Crippen molar-refractivity contribution in [3.8, 4) is 11.4 Å². The fraction of sp³-hybridized carbons (Fsp3) is 0.0625. The third-order valence-corrected chi connectivity index (χ3v) is 3.60. The molecule has 6 heteroatoms. The Balaban J connectivity index is 2.40. The van der Waals surface area contributed by atoms with E-state index in [2.05, 4.69) is 0 Å². The average Bonchev–Trinajstić information content (AvgIpc) is 2.80. The molecule has 4 nitrogen and oxygen atoms in total. The van der Waals surface area contributed by atoms with Crippen molar-refractivity contribution in [2.24, 2.45) is 0 Å². The highest BCUT2D eigenvalue weighted by Crippen LogP contribution is 2.36. The predicted molar refractivity (Wildman–Crippen MR) is 81.2 cm³/mol. The molecule has 0 radical (unpaired) electrons. The maximum absolute atomic E-state index is 13.1. The summed E-state index contributed by atoms with van der Waals surface area (Å²) >= 11 is 5.95. The summed E-state index contributed by atoms with van der Waals surface area (Å²) in [6.07, 6.45) is 0. The number of hydrogen-bond acceptors (Lipinski definition) is 3. The lowest BCUT2D eigenvalue weighted by Crippen LogP contribution is -2.09. The SMILES string of the molecule is COC(=O)c1c(O)c2cc(Cl)ccc2n1-c1ccc(F)cc1. The molecule has 0 saturated heterocycles. The van der Waals surface area contributed by atoms with E-state index >= 15 is 0 Å². The molecular weight excluding hydrogens is 309 g/mol. The lowest BCUT2D eigenvalue weighted by molar-refractivity contribution is 0.0588. The monoisotopic (exact) mass is 319 g/mol. The predicted octanol–water partition coefficient (Wildman–Crippen LogP) is 3.92. The van der Waals surface area contributed by atoms with Crippen LogP contribution in [0, 0.1) is 5.82 Å². The third kappa shape index (κ3) is 2.19. The number of nitrogens with zero attached hydrogens (tertiary/aromatic N) is 1. The molecule has 1 aromatic heterocycles. The highest BCUT2D eigenvalue weighted by molar-refractivity contribution is 6.31. The zero-order valence-electron chi connectivity index (χ0n) is 11.5. The Morgan fingerprint density at radius 1 is 1.23 bits per heavy atom. The Morgan fingerprint density at radius 2 is 1.91 bits per heavy atom. The molecule has 0 unspecified atom stereocenters. The first-order chi connectivity index (χ1) is 10.5. The molecule has 1 heterocycles. The lowest BCUT2D eigenvalue weighted by Gasteiger charge is -2.09. The second-order valence-electron chi connectivity index (χ2n) is 4.66. The average molecular weight is 320 g/mol. The maximum atomic E-state index is 13.1. The number of benzene rings is 2.